The molecule has 0 unspecified atom stereocenters. The minimum Gasteiger partial charge on any atom is -0.328 e. The summed E-state index contributed by atoms with van der Waals surface area (Å²) in [6, 6.07) is 7.14. The van der Waals surface area contributed by atoms with Crippen molar-refractivity contribution in [3.8, 4) is 0 Å². The first-order valence-corrected chi connectivity index (χ1v) is 4.77. The Morgan fingerprint density at radius 1 is 1.15 bits per heavy atom. The lowest BCUT2D eigenvalue weighted by molar-refractivity contribution is 0.623. The molecule has 1 aliphatic carbocycles. The average molecular weight is 179 g/mol. The van der Waals surface area contributed by atoms with Crippen LogP contribution in [0, 0.1) is 5.82 Å². The van der Waals surface area contributed by atoms with Gasteiger partial charge in [0.2, 0.25) is 0 Å². The maximum Gasteiger partial charge on any atom is 0.123 e. The maximum atomic E-state index is 12.6. The van der Waals surface area contributed by atoms with E-state index in [9.17, 15) is 4.39 Å². The van der Waals surface area contributed by atoms with Crippen LogP contribution in [0.2, 0.25) is 0 Å². The van der Waals surface area contributed by atoms with Gasteiger partial charge in [-0.2, -0.15) is 0 Å². The van der Waals surface area contributed by atoms with Crippen LogP contribution in [0.1, 0.15) is 30.7 Å². The molecule has 0 radical (unpaired) electrons. The highest BCUT2D eigenvalue weighted by Gasteiger charge is 2.22. The predicted molar refractivity (Wildman–Crippen MR) is 51.0 cm³/mol. The minimum atomic E-state index is -0.161. The van der Waals surface area contributed by atoms with Crippen molar-refractivity contribution in [2.75, 3.05) is 0 Å². The lowest BCUT2D eigenvalue weighted by Crippen LogP contribution is -2.14. The molecule has 0 aliphatic heterocycles. The summed E-state index contributed by atoms with van der Waals surface area (Å²) in [7, 11) is 0. The second kappa shape index (κ2) is 3.46. The van der Waals surface area contributed by atoms with Crippen LogP contribution in [-0.2, 0) is 0 Å². The molecule has 2 atom stereocenters. The zero-order chi connectivity index (χ0) is 9.26. The number of hydrogen-bond acceptors (Lipinski definition) is 1. The van der Waals surface area contributed by atoms with Gasteiger partial charge in [0.15, 0.2) is 0 Å². The summed E-state index contributed by atoms with van der Waals surface area (Å²) in [5.41, 5.74) is 7.05. The zero-order valence-corrected chi connectivity index (χ0v) is 7.54. The Labute approximate surface area is 77.8 Å². The van der Waals surface area contributed by atoms with E-state index in [1.165, 1.54) is 17.7 Å². The molecule has 70 valence electrons. The Bertz CT molecular complexity index is 281. The molecule has 0 bridgehead atoms. The molecular weight excluding hydrogens is 165 g/mol. The van der Waals surface area contributed by atoms with Gasteiger partial charge in [0.1, 0.15) is 5.82 Å². The molecule has 1 aromatic carbocycles. The Balaban J connectivity index is 2.13. The van der Waals surface area contributed by atoms with Crippen molar-refractivity contribution in [3.63, 3.8) is 0 Å². The quantitative estimate of drug-likeness (QED) is 0.704. The molecule has 2 N–H and O–H groups in total. The van der Waals surface area contributed by atoms with E-state index in [1.54, 1.807) is 0 Å². The number of hydrogen-bond donors (Lipinski definition) is 1. The summed E-state index contributed by atoms with van der Waals surface area (Å²) in [5, 5.41) is 0. The van der Waals surface area contributed by atoms with Crippen LogP contribution >= 0.6 is 0 Å². The van der Waals surface area contributed by atoms with Crippen LogP contribution in [0.25, 0.3) is 0 Å². The third-order valence-corrected chi connectivity index (χ3v) is 2.81. The molecule has 0 heterocycles. The maximum absolute atomic E-state index is 12.6. The van der Waals surface area contributed by atoms with Crippen LogP contribution in [0.3, 0.4) is 0 Å². The van der Waals surface area contributed by atoms with Crippen molar-refractivity contribution in [2.24, 2.45) is 5.73 Å². The molecule has 1 aliphatic rings. The largest absolute Gasteiger partial charge is 0.328 e. The summed E-state index contributed by atoms with van der Waals surface area (Å²) in [6.07, 6.45) is 3.29. The Morgan fingerprint density at radius 2 is 1.85 bits per heavy atom. The first kappa shape index (κ1) is 8.70. The minimum absolute atomic E-state index is 0.161. The summed E-state index contributed by atoms with van der Waals surface area (Å²) in [6.45, 7) is 0. The normalized spacial score (nSPS) is 27.8. The Hall–Kier alpha value is -0.890. The SMILES string of the molecule is N[C@H]1CC[C@@H](c2ccc(F)cc2)C1. The van der Waals surface area contributed by atoms with E-state index in [0.29, 0.717) is 12.0 Å². The van der Waals surface area contributed by atoms with E-state index in [2.05, 4.69) is 0 Å². The van der Waals surface area contributed by atoms with Gasteiger partial charge in [-0.1, -0.05) is 12.1 Å². The number of nitrogens with two attached hydrogens (primary N) is 1. The van der Waals surface area contributed by atoms with Gasteiger partial charge in [0.05, 0.1) is 0 Å². The van der Waals surface area contributed by atoms with Crippen LogP contribution in [0.15, 0.2) is 24.3 Å². The van der Waals surface area contributed by atoms with Gasteiger partial charge >= 0.3 is 0 Å². The summed E-state index contributed by atoms with van der Waals surface area (Å²) >= 11 is 0. The molecule has 1 saturated carbocycles. The third kappa shape index (κ3) is 1.89. The van der Waals surface area contributed by atoms with Crippen molar-refractivity contribution in [1.82, 2.24) is 0 Å². The fourth-order valence-corrected chi connectivity index (χ4v) is 2.05. The molecular formula is C11H14FN. The zero-order valence-electron chi connectivity index (χ0n) is 7.54. The predicted octanol–water partition coefficient (Wildman–Crippen LogP) is 2.42. The summed E-state index contributed by atoms with van der Waals surface area (Å²) < 4.78 is 12.6. The van der Waals surface area contributed by atoms with Crippen LogP contribution in [0.4, 0.5) is 4.39 Å². The van der Waals surface area contributed by atoms with Crippen molar-refractivity contribution >= 4 is 0 Å². The molecule has 1 aromatic rings. The van der Waals surface area contributed by atoms with E-state index in [4.69, 9.17) is 5.73 Å². The number of rotatable bonds is 1. The number of halogens is 1. The lowest BCUT2D eigenvalue weighted by Gasteiger charge is -2.09. The Morgan fingerprint density at radius 3 is 2.38 bits per heavy atom. The fourth-order valence-electron chi connectivity index (χ4n) is 2.05. The molecule has 13 heavy (non-hydrogen) atoms. The molecule has 0 spiro atoms. The van der Waals surface area contributed by atoms with Gasteiger partial charge in [-0.05, 0) is 42.9 Å². The standard InChI is InChI=1S/C11H14FN/c12-10-4-1-8(2-5-10)9-3-6-11(13)7-9/h1-2,4-5,9,11H,3,6-7,13H2/t9-,11+/m1/s1. The van der Waals surface area contributed by atoms with E-state index < -0.39 is 0 Å². The van der Waals surface area contributed by atoms with Gasteiger partial charge in [-0.3, -0.25) is 0 Å². The molecule has 0 saturated heterocycles. The van der Waals surface area contributed by atoms with Gasteiger partial charge in [0, 0.05) is 6.04 Å². The van der Waals surface area contributed by atoms with E-state index in [0.717, 1.165) is 19.3 Å². The molecule has 0 aromatic heterocycles. The van der Waals surface area contributed by atoms with Crippen molar-refractivity contribution in [3.05, 3.63) is 35.6 Å². The summed E-state index contributed by atoms with van der Waals surface area (Å²) in [5.74, 6) is 0.390. The molecule has 0 amide bonds. The first-order valence-electron chi connectivity index (χ1n) is 4.77. The van der Waals surface area contributed by atoms with Gasteiger partial charge in [-0.25, -0.2) is 4.39 Å². The van der Waals surface area contributed by atoms with Gasteiger partial charge < -0.3 is 5.73 Å². The van der Waals surface area contributed by atoms with Crippen molar-refractivity contribution in [1.29, 1.82) is 0 Å². The highest BCUT2D eigenvalue weighted by Crippen LogP contribution is 2.33. The lowest BCUT2D eigenvalue weighted by atomic mass is 9.98. The molecule has 2 rings (SSSR count). The second-order valence-electron chi connectivity index (χ2n) is 3.82. The highest BCUT2D eigenvalue weighted by atomic mass is 19.1. The van der Waals surface area contributed by atoms with Crippen LogP contribution in [-0.4, -0.2) is 6.04 Å². The average Bonchev–Trinajstić information content (AvgIpc) is 2.53. The first-order chi connectivity index (χ1) is 6.25. The Kier molecular flexibility index (Phi) is 2.32. The fraction of sp³-hybridized carbons (Fsp3) is 0.455. The van der Waals surface area contributed by atoms with E-state index in [1.807, 2.05) is 12.1 Å². The van der Waals surface area contributed by atoms with Gasteiger partial charge in [0.25, 0.3) is 0 Å². The topological polar surface area (TPSA) is 26.0 Å². The van der Waals surface area contributed by atoms with Gasteiger partial charge in [-0.15, -0.1) is 0 Å². The van der Waals surface area contributed by atoms with E-state index >= 15 is 0 Å². The van der Waals surface area contributed by atoms with Crippen LogP contribution in [0.5, 0.6) is 0 Å². The van der Waals surface area contributed by atoms with Crippen LogP contribution < -0.4 is 5.73 Å². The molecule has 1 fully saturated rings. The summed E-state index contributed by atoms with van der Waals surface area (Å²) in [4.78, 5) is 0. The van der Waals surface area contributed by atoms with Crippen molar-refractivity contribution < 1.29 is 4.39 Å². The monoisotopic (exact) mass is 179 g/mol. The second-order valence-corrected chi connectivity index (χ2v) is 3.82. The number of benzene rings is 1. The van der Waals surface area contributed by atoms with Crippen molar-refractivity contribution in [2.45, 2.75) is 31.2 Å². The molecule has 2 heteroatoms. The van der Waals surface area contributed by atoms with E-state index in [-0.39, 0.29) is 5.82 Å². The molecule has 1 nitrogen and oxygen atoms in total. The third-order valence-electron chi connectivity index (χ3n) is 2.81. The smallest absolute Gasteiger partial charge is 0.123 e. The highest BCUT2D eigenvalue weighted by molar-refractivity contribution is 5.21.